The van der Waals surface area contributed by atoms with E-state index in [2.05, 4.69) is 6.92 Å². The Morgan fingerprint density at radius 3 is 2.41 bits per heavy atom. The van der Waals surface area contributed by atoms with Crippen LogP contribution in [-0.2, 0) is 4.79 Å². The smallest absolute Gasteiger partial charge is 0.122 e. The van der Waals surface area contributed by atoms with E-state index in [1.165, 1.54) is 0 Å². The first-order valence-electron chi connectivity index (χ1n) is 6.70. The number of aliphatic hydroxyl groups is 2. The van der Waals surface area contributed by atoms with Gasteiger partial charge in [0, 0.05) is 13.0 Å². The summed E-state index contributed by atoms with van der Waals surface area (Å²) in [5, 5.41) is 18.9. The number of carbonyl (C=O) groups is 1. The van der Waals surface area contributed by atoms with E-state index < -0.39 is 6.10 Å². The van der Waals surface area contributed by atoms with Gasteiger partial charge in [-0.05, 0) is 24.2 Å². The maximum Gasteiger partial charge on any atom is 0.122 e. The normalized spacial score (nSPS) is 15.6. The van der Waals surface area contributed by atoms with Crippen molar-refractivity contribution in [3.63, 3.8) is 0 Å². The molecule has 0 spiro atoms. The molecule has 0 aliphatic rings. The highest BCUT2D eigenvalue weighted by atomic mass is 16.3. The predicted molar refractivity (Wildman–Crippen MR) is 69.8 cm³/mol. The summed E-state index contributed by atoms with van der Waals surface area (Å²) in [6, 6.07) is 0. The van der Waals surface area contributed by atoms with Gasteiger partial charge in [-0.25, -0.2) is 0 Å². The Bertz CT molecular complexity index is 198. The van der Waals surface area contributed by atoms with Crippen LogP contribution in [0.25, 0.3) is 0 Å². The van der Waals surface area contributed by atoms with Gasteiger partial charge in [-0.2, -0.15) is 0 Å². The fourth-order valence-corrected chi connectivity index (χ4v) is 2.01. The minimum Gasteiger partial charge on any atom is -0.396 e. The van der Waals surface area contributed by atoms with Crippen molar-refractivity contribution in [1.82, 2.24) is 0 Å². The monoisotopic (exact) mass is 244 g/mol. The molecule has 102 valence electrons. The molecular formula is C14H28O3. The summed E-state index contributed by atoms with van der Waals surface area (Å²) in [6.07, 6.45) is 5.58. The molecule has 17 heavy (non-hydrogen) atoms. The lowest BCUT2D eigenvalue weighted by molar-refractivity contribution is -0.111. The third-order valence-corrected chi connectivity index (χ3v) is 3.74. The number of hydrogen-bond acceptors (Lipinski definition) is 3. The summed E-state index contributed by atoms with van der Waals surface area (Å²) in [6.45, 7) is 6.38. The summed E-state index contributed by atoms with van der Waals surface area (Å²) in [7, 11) is 0. The van der Waals surface area contributed by atoms with Crippen molar-refractivity contribution in [2.45, 2.75) is 65.4 Å². The van der Waals surface area contributed by atoms with E-state index in [-0.39, 0.29) is 18.4 Å². The number of unbranched alkanes of at least 4 members (excludes halogenated alkanes) is 1. The third kappa shape index (κ3) is 6.79. The SMILES string of the molecule is CCC(CO)CCCCC(C)(C)C(O)CC=O. The highest BCUT2D eigenvalue weighted by Gasteiger charge is 2.26. The molecule has 3 nitrogen and oxygen atoms in total. The number of hydrogen-bond donors (Lipinski definition) is 2. The molecule has 0 radical (unpaired) electrons. The van der Waals surface area contributed by atoms with E-state index in [9.17, 15) is 9.90 Å². The van der Waals surface area contributed by atoms with E-state index in [0.717, 1.165) is 38.4 Å². The molecule has 0 saturated heterocycles. The molecule has 0 aromatic heterocycles. The molecule has 0 aromatic rings. The van der Waals surface area contributed by atoms with Crippen molar-refractivity contribution in [2.75, 3.05) is 6.61 Å². The number of carbonyl (C=O) groups excluding carboxylic acids is 1. The van der Waals surface area contributed by atoms with Crippen molar-refractivity contribution in [3.05, 3.63) is 0 Å². The molecule has 0 amide bonds. The molecule has 0 saturated carbocycles. The summed E-state index contributed by atoms with van der Waals surface area (Å²) in [4.78, 5) is 10.4. The van der Waals surface area contributed by atoms with E-state index in [1.54, 1.807) is 0 Å². The van der Waals surface area contributed by atoms with Crippen LogP contribution in [0.2, 0.25) is 0 Å². The van der Waals surface area contributed by atoms with Crippen LogP contribution in [-0.4, -0.2) is 29.2 Å². The second-order valence-corrected chi connectivity index (χ2v) is 5.61. The largest absolute Gasteiger partial charge is 0.396 e. The Hall–Kier alpha value is -0.410. The standard InChI is InChI=1S/C14H28O3/c1-4-12(11-16)7-5-6-9-14(2,3)13(17)8-10-15/h10,12-13,16-17H,4-9,11H2,1-3H3. The van der Waals surface area contributed by atoms with Crippen LogP contribution in [0.4, 0.5) is 0 Å². The van der Waals surface area contributed by atoms with Gasteiger partial charge in [0.25, 0.3) is 0 Å². The van der Waals surface area contributed by atoms with Crippen LogP contribution in [0, 0.1) is 11.3 Å². The van der Waals surface area contributed by atoms with Crippen molar-refractivity contribution >= 4 is 6.29 Å². The van der Waals surface area contributed by atoms with Gasteiger partial charge in [-0.1, -0.05) is 40.0 Å². The fraction of sp³-hybridized carbons (Fsp3) is 0.929. The van der Waals surface area contributed by atoms with Crippen molar-refractivity contribution < 1.29 is 15.0 Å². The van der Waals surface area contributed by atoms with Gasteiger partial charge in [-0.3, -0.25) is 0 Å². The number of aliphatic hydroxyl groups excluding tert-OH is 2. The molecule has 0 aliphatic heterocycles. The van der Waals surface area contributed by atoms with Gasteiger partial charge in [0.2, 0.25) is 0 Å². The number of rotatable bonds is 10. The minimum absolute atomic E-state index is 0.193. The first-order valence-corrected chi connectivity index (χ1v) is 6.70. The Labute approximate surface area is 105 Å². The Morgan fingerprint density at radius 2 is 1.94 bits per heavy atom. The molecule has 0 fully saturated rings. The van der Waals surface area contributed by atoms with E-state index >= 15 is 0 Å². The van der Waals surface area contributed by atoms with E-state index in [1.807, 2.05) is 13.8 Å². The van der Waals surface area contributed by atoms with Crippen LogP contribution in [0.5, 0.6) is 0 Å². The lowest BCUT2D eigenvalue weighted by atomic mass is 9.80. The predicted octanol–water partition coefficient (Wildman–Crippen LogP) is 2.54. The Kier molecular flexibility index (Phi) is 8.44. The summed E-state index contributed by atoms with van der Waals surface area (Å²) < 4.78 is 0. The van der Waals surface area contributed by atoms with Crippen LogP contribution in [0.3, 0.4) is 0 Å². The summed E-state index contributed by atoms with van der Waals surface area (Å²) in [5.41, 5.74) is -0.193. The van der Waals surface area contributed by atoms with Crippen molar-refractivity contribution in [1.29, 1.82) is 0 Å². The van der Waals surface area contributed by atoms with Crippen LogP contribution >= 0.6 is 0 Å². The molecule has 3 heteroatoms. The zero-order valence-corrected chi connectivity index (χ0v) is 11.5. The Morgan fingerprint density at radius 1 is 1.29 bits per heavy atom. The maximum absolute atomic E-state index is 10.4. The van der Waals surface area contributed by atoms with Gasteiger partial charge >= 0.3 is 0 Å². The van der Waals surface area contributed by atoms with Gasteiger partial charge in [0.05, 0.1) is 6.10 Å². The summed E-state index contributed by atoms with van der Waals surface area (Å²) >= 11 is 0. The van der Waals surface area contributed by atoms with Crippen LogP contribution < -0.4 is 0 Å². The van der Waals surface area contributed by atoms with E-state index in [0.29, 0.717) is 5.92 Å². The highest BCUT2D eigenvalue weighted by Crippen LogP contribution is 2.29. The lowest BCUT2D eigenvalue weighted by Gasteiger charge is -2.29. The zero-order valence-electron chi connectivity index (χ0n) is 11.5. The topological polar surface area (TPSA) is 57.5 Å². The van der Waals surface area contributed by atoms with Gasteiger partial charge in [0.1, 0.15) is 6.29 Å². The fourth-order valence-electron chi connectivity index (χ4n) is 2.01. The molecule has 0 aliphatic carbocycles. The van der Waals surface area contributed by atoms with Crippen LogP contribution in [0.1, 0.15) is 59.3 Å². The maximum atomic E-state index is 10.4. The van der Waals surface area contributed by atoms with Crippen molar-refractivity contribution in [3.8, 4) is 0 Å². The van der Waals surface area contributed by atoms with Gasteiger partial charge in [-0.15, -0.1) is 0 Å². The molecule has 2 N–H and O–H groups in total. The first-order chi connectivity index (χ1) is 7.97. The second kappa shape index (κ2) is 8.65. The third-order valence-electron chi connectivity index (χ3n) is 3.74. The van der Waals surface area contributed by atoms with Crippen molar-refractivity contribution in [2.24, 2.45) is 11.3 Å². The molecular weight excluding hydrogens is 216 g/mol. The van der Waals surface area contributed by atoms with E-state index in [4.69, 9.17) is 5.11 Å². The molecule has 0 bridgehead atoms. The van der Waals surface area contributed by atoms with Gasteiger partial charge < -0.3 is 15.0 Å². The average Bonchev–Trinajstić information content (AvgIpc) is 2.29. The molecule has 0 rings (SSSR count). The molecule has 0 aromatic carbocycles. The quantitative estimate of drug-likeness (QED) is 0.458. The highest BCUT2D eigenvalue weighted by molar-refractivity contribution is 5.50. The number of aldehydes is 1. The summed E-state index contributed by atoms with van der Waals surface area (Å²) in [5.74, 6) is 0.415. The van der Waals surface area contributed by atoms with Crippen LogP contribution in [0.15, 0.2) is 0 Å². The molecule has 2 unspecified atom stereocenters. The molecule has 2 atom stereocenters. The average molecular weight is 244 g/mol. The second-order valence-electron chi connectivity index (χ2n) is 5.61. The Balaban J connectivity index is 3.82. The van der Waals surface area contributed by atoms with Gasteiger partial charge in [0.15, 0.2) is 0 Å². The first kappa shape index (κ1) is 16.6. The lowest BCUT2D eigenvalue weighted by Crippen LogP contribution is -2.29. The molecule has 0 heterocycles. The minimum atomic E-state index is -0.542. The zero-order chi connectivity index (χ0) is 13.3.